The summed E-state index contributed by atoms with van der Waals surface area (Å²) in [5.74, 6) is 0.0623. The topological polar surface area (TPSA) is 55.8 Å². The molecule has 1 aliphatic heterocycles. The minimum atomic E-state index is -0.502. The molecule has 1 heterocycles. The van der Waals surface area contributed by atoms with Crippen molar-refractivity contribution in [1.29, 1.82) is 0 Å². The monoisotopic (exact) mass is 257 g/mol. The van der Waals surface area contributed by atoms with Gasteiger partial charge < -0.3 is 14.4 Å². The lowest BCUT2D eigenvalue weighted by Crippen LogP contribution is -2.63. The standard InChI is InChI=1S/C13H23NO4/c1-6-13(10(15)7-17-5)8-14(9-13)11(16)18-12(2,3)4/h6-9H2,1-5H3. The number of carbonyl (C=O) groups is 2. The van der Waals surface area contributed by atoms with Crippen LogP contribution < -0.4 is 0 Å². The van der Waals surface area contributed by atoms with Crippen molar-refractivity contribution >= 4 is 11.9 Å². The van der Waals surface area contributed by atoms with E-state index in [2.05, 4.69) is 0 Å². The fourth-order valence-electron chi connectivity index (χ4n) is 2.02. The van der Waals surface area contributed by atoms with Crippen molar-refractivity contribution < 1.29 is 19.1 Å². The Bertz CT molecular complexity index is 326. The van der Waals surface area contributed by atoms with Gasteiger partial charge in [0, 0.05) is 20.2 Å². The zero-order chi connectivity index (χ0) is 14.0. The van der Waals surface area contributed by atoms with Crippen LogP contribution in [0.2, 0.25) is 0 Å². The van der Waals surface area contributed by atoms with Gasteiger partial charge in [0.2, 0.25) is 0 Å². The number of Topliss-reactive ketones (excluding diaryl/α,β-unsaturated/α-hetero) is 1. The predicted octanol–water partition coefficient (Wildman–Crippen LogP) is 1.85. The molecule has 5 heteroatoms. The highest BCUT2D eigenvalue weighted by atomic mass is 16.6. The number of hydrogen-bond acceptors (Lipinski definition) is 4. The van der Waals surface area contributed by atoms with Gasteiger partial charge >= 0.3 is 6.09 Å². The van der Waals surface area contributed by atoms with E-state index < -0.39 is 11.0 Å². The highest BCUT2D eigenvalue weighted by Gasteiger charge is 2.50. The molecule has 1 saturated heterocycles. The summed E-state index contributed by atoms with van der Waals surface area (Å²) in [5, 5.41) is 0. The molecular weight excluding hydrogens is 234 g/mol. The van der Waals surface area contributed by atoms with Gasteiger partial charge in [0.1, 0.15) is 12.2 Å². The molecule has 104 valence electrons. The van der Waals surface area contributed by atoms with Crippen molar-refractivity contribution in [2.24, 2.45) is 5.41 Å². The second-order valence-electron chi connectivity index (χ2n) is 5.83. The highest BCUT2D eigenvalue weighted by Crippen LogP contribution is 2.35. The SMILES string of the molecule is CCC1(C(=O)COC)CN(C(=O)OC(C)(C)C)C1. The van der Waals surface area contributed by atoms with Crippen LogP contribution in [-0.4, -0.2) is 49.2 Å². The Morgan fingerprint density at radius 1 is 1.28 bits per heavy atom. The molecule has 0 atom stereocenters. The predicted molar refractivity (Wildman–Crippen MR) is 67.4 cm³/mol. The molecule has 0 aromatic heterocycles. The molecule has 0 aromatic carbocycles. The minimum absolute atomic E-state index is 0.0623. The number of nitrogens with zero attached hydrogens (tertiary/aromatic N) is 1. The first-order valence-electron chi connectivity index (χ1n) is 6.24. The molecule has 0 aromatic rings. The maximum Gasteiger partial charge on any atom is 0.410 e. The van der Waals surface area contributed by atoms with E-state index >= 15 is 0 Å². The number of carbonyl (C=O) groups excluding carboxylic acids is 2. The molecule has 0 bridgehead atoms. The zero-order valence-electron chi connectivity index (χ0n) is 11.9. The third-order valence-electron chi connectivity index (χ3n) is 3.18. The lowest BCUT2D eigenvalue weighted by atomic mass is 9.74. The number of methoxy groups -OCH3 is 1. The van der Waals surface area contributed by atoms with E-state index in [0.717, 1.165) is 0 Å². The van der Waals surface area contributed by atoms with E-state index in [4.69, 9.17) is 9.47 Å². The van der Waals surface area contributed by atoms with Crippen molar-refractivity contribution in [2.75, 3.05) is 26.8 Å². The molecule has 1 rings (SSSR count). The molecule has 18 heavy (non-hydrogen) atoms. The summed E-state index contributed by atoms with van der Waals surface area (Å²) in [6.45, 7) is 8.41. The normalized spacial score (nSPS) is 18.2. The Hall–Kier alpha value is -1.10. The third kappa shape index (κ3) is 3.22. The smallest absolute Gasteiger partial charge is 0.410 e. The number of hydrogen-bond donors (Lipinski definition) is 0. The van der Waals surface area contributed by atoms with Crippen molar-refractivity contribution in [1.82, 2.24) is 4.90 Å². The average molecular weight is 257 g/mol. The van der Waals surface area contributed by atoms with Gasteiger partial charge in [0.25, 0.3) is 0 Å². The molecule has 1 fully saturated rings. The molecule has 1 amide bonds. The van der Waals surface area contributed by atoms with Crippen LogP contribution >= 0.6 is 0 Å². The van der Waals surface area contributed by atoms with Gasteiger partial charge in [-0.15, -0.1) is 0 Å². The molecule has 5 nitrogen and oxygen atoms in total. The lowest BCUT2D eigenvalue weighted by Gasteiger charge is -2.48. The molecule has 0 spiro atoms. The van der Waals surface area contributed by atoms with Gasteiger partial charge in [0.05, 0.1) is 5.41 Å². The van der Waals surface area contributed by atoms with E-state index in [0.29, 0.717) is 19.5 Å². The van der Waals surface area contributed by atoms with E-state index in [-0.39, 0.29) is 18.5 Å². The number of rotatable bonds is 4. The van der Waals surface area contributed by atoms with Crippen molar-refractivity contribution in [3.63, 3.8) is 0 Å². The molecule has 1 aliphatic rings. The number of likely N-dealkylation sites (tertiary alicyclic amines) is 1. The maximum absolute atomic E-state index is 11.9. The Balaban J connectivity index is 2.55. The zero-order valence-corrected chi connectivity index (χ0v) is 11.9. The Morgan fingerprint density at radius 3 is 2.22 bits per heavy atom. The summed E-state index contributed by atoms with van der Waals surface area (Å²) in [5.41, 5.74) is -0.939. The summed E-state index contributed by atoms with van der Waals surface area (Å²) in [6, 6.07) is 0. The lowest BCUT2D eigenvalue weighted by molar-refractivity contribution is -0.142. The number of amides is 1. The summed E-state index contributed by atoms with van der Waals surface area (Å²) < 4.78 is 10.1. The van der Waals surface area contributed by atoms with Crippen LogP contribution in [0.3, 0.4) is 0 Å². The quantitative estimate of drug-likeness (QED) is 0.771. The van der Waals surface area contributed by atoms with Gasteiger partial charge in [-0.3, -0.25) is 4.79 Å². The van der Waals surface area contributed by atoms with Crippen LogP contribution in [-0.2, 0) is 14.3 Å². The molecule has 0 N–H and O–H groups in total. The Morgan fingerprint density at radius 2 is 1.83 bits per heavy atom. The van der Waals surface area contributed by atoms with Crippen molar-refractivity contribution in [2.45, 2.75) is 39.7 Å². The van der Waals surface area contributed by atoms with Gasteiger partial charge in [-0.1, -0.05) is 6.92 Å². The first-order valence-corrected chi connectivity index (χ1v) is 6.24. The summed E-state index contributed by atoms with van der Waals surface area (Å²) in [6.07, 6.45) is 0.367. The third-order valence-corrected chi connectivity index (χ3v) is 3.18. The number of ether oxygens (including phenoxy) is 2. The van der Waals surface area contributed by atoms with Gasteiger partial charge in [-0.05, 0) is 27.2 Å². The molecule has 0 saturated carbocycles. The molecule has 0 radical (unpaired) electrons. The minimum Gasteiger partial charge on any atom is -0.444 e. The van der Waals surface area contributed by atoms with E-state index in [9.17, 15) is 9.59 Å². The summed E-state index contributed by atoms with van der Waals surface area (Å²) >= 11 is 0. The van der Waals surface area contributed by atoms with E-state index in [1.54, 1.807) is 4.90 Å². The number of ketones is 1. The van der Waals surface area contributed by atoms with Crippen LogP contribution in [0.15, 0.2) is 0 Å². The van der Waals surface area contributed by atoms with Gasteiger partial charge in [-0.2, -0.15) is 0 Å². The van der Waals surface area contributed by atoms with E-state index in [1.165, 1.54) is 7.11 Å². The second kappa shape index (κ2) is 5.26. The molecule has 0 aliphatic carbocycles. The van der Waals surface area contributed by atoms with Crippen LogP contribution in [0, 0.1) is 5.41 Å². The van der Waals surface area contributed by atoms with Crippen molar-refractivity contribution in [3.05, 3.63) is 0 Å². The largest absolute Gasteiger partial charge is 0.444 e. The van der Waals surface area contributed by atoms with Gasteiger partial charge in [0.15, 0.2) is 5.78 Å². The fourth-order valence-corrected chi connectivity index (χ4v) is 2.02. The van der Waals surface area contributed by atoms with Crippen LogP contribution in [0.4, 0.5) is 4.79 Å². The van der Waals surface area contributed by atoms with Crippen molar-refractivity contribution in [3.8, 4) is 0 Å². The van der Waals surface area contributed by atoms with Crippen LogP contribution in [0.25, 0.3) is 0 Å². The maximum atomic E-state index is 11.9. The van der Waals surface area contributed by atoms with Gasteiger partial charge in [-0.25, -0.2) is 4.79 Å². The molecule has 0 unspecified atom stereocenters. The van der Waals surface area contributed by atoms with E-state index in [1.807, 2.05) is 27.7 Å². The fraction of sp³-hybridized carbons (Fsp3) is 0.846. The summed E-state index contributed by atoms with van der Waals surface area (Å²) in [4.78, 5) is 25.3. The molecular formula is C13H23NO4. The van der Waals surface area contributed by atoms with Crippen LogP contribution in [0.1, 0.15) is 34.1 Å². The first-order chi connectivity index (χ1) is 8.24. The highest BCUT2D eigenvalue weighted by molar-refractivity contribution is 5.89. The Kier molecular flexibility index (Phi) is 4.37. The Labute approximate surface area is 108 Å². The summed E-state index contributed by atoms with van der Waals surface area (Å²) in [7, 11) is 1.51. The van der Waals surface area contributed by atoms with Crippen LogP contribution in [0.5, 0.6) is 0 Å². The average Bonchev–Trinajstić information content (AvgIpc) is 2.14. The second-order valence-corrected chi connectivity index (χ2v) is 5.83. The first kappa shape index (κ1) is 15.0.